The lowest BCUT2D eigenvalue weighted by molar-refractivity contribution is -0.138. The van der Waals surface area contributed by atoms with E-state index in [9.17, 15) is 14.7 Å². The molecule has 1 aliphatic rings. The second-order valence-electron chi connectivity index (χ2n) is 6.76. The van der Waals surface area contributed by atoms with Crippen LogP contribution < -0.4 is 0 Å². The summed E-state index contributed by atoms with van der Waals surface area (Å²) in [5, 5.41) is 19.8. The molecule has 1 aromatic carbocycles. The fraction of sp³-hybridized carbons (Fsp3) is 0.579. The zero-order chi connectivity index (χ0) is 17.7. The molecule has 0 saturated heterocycles. The van der Waals surface area contributed by atoms with Crippen LogP contribution in [0.1, 0.15) is 67.4 Å². The molecule has 0 saturated carbocycles. The smallest absolute Gasteiger partial charge is 0.335 e. The SMILES string of the molecule is CCCC(O)(CCC)CC(=O)N1CCc2ccc(C(=O)O)cc2C1. The van der Waals surface area contributed by atoms with E-state index >= 15 is 0 Å². The van der Waals surface area contributed by atoms with Gasteiger partial charge < -0.3 is 15.1 Å². The Morgan fingerprint density at radius 1 is 1.17 bits per heavy atom. The van der Waals surface area contributed by atoms with E-state index in [0.29, 0.717) is 25.9 Å². The van der Waals surface area contributed by atoms with Gasteiger partial charge in [0.15, 0.2) is 0 Å². The summed E-state index contributed by atoms with van der Waals surface area (Å²) in [6.45, 7) is 5.06. The number of carboxylic acid groups (broad SMARTS) is 1. The van der Waals surface area contributed by atoms with E-state index in [1.54, 1.807) is 17.0 Å². The number of hydrogen-bond acceptors (Lipinski definition) is 3. The lowest BCUT2D eigenvalue weighted by atomic mass is 9.88. The van der Waals surface area contributed by atoms with Crippen LogP contribution in [-0.2, 0) is 17.8 Å². The Morgan fingerprint density at radius 2 is 1.83 bits per heavy atom. The highest BCUT2D eigenvalue weighted by atomic mass is 16.4. The molecule has 0 atom stereocenters. The first kappa shape index (κ1) is 18.5. The van der Waals surface area contributed by atoms with Gasteiger partial charge in [-0.3, -0.25) is 4.79 Å². The van der Waals surface area contributed by atoms with E-state index in [-0.39, 0.29) is 17.9 Å². The maximum absolute atomic E-state index is 12.6. The molecule has 5 nitrogen and oxygen atoms in total. The number of amides is 1. The molecular formula is C19H27NO4. The summed E-state index contributed by atoms with van der Waals surface area (Å²) in [7, 11) is 0. The summed E-state index contributed by atoms with van der Waals surface area (Å²) in [6.07, 6.45) is 3.80. The monoisotopic (exact) mass is 333 g/mol. The van der Waals surface area contributed by atoms with Gasteiger partial charge in [0.1, 0.15) is 0 Å². The molecule has 5 heteroatoms. The number of nitrogens with zero attached hydrogens (tertiary/aromatic N) is 1. The van der Waals surface area contributed by atoms with Crippen molar-refractivity contribution < 1.29 is 19.8 Å². The minimum Gasteiger partial charge on any atom is -0.478 e. The van der Waals surface area contributed by atoms with Crippen molar-refractivity contribution in [3.05, 3.63) is 34.9 Å². The molecule has 1 heterocycles. The number of benzene rings is 1. The first-order valence-electron chi connectivity index (χ1n) is 8.74. The molecule has 0 radical (unpaired) electrons. The Kier molecular flexibility index (Phi) is 5.99. The van der Waals surface area contributed by atoms with Gasteiger partial charge in [0, 0.05) is 13.1 Å². The summed E-state index contributed by atoms with van der Waals surface area (Å²) in [4.78, 5) is 25.5. The van der Waals surface area contributed by atoms with Crippen LogP contribution in [0.4, 0.5) is 0 Å². The number of carbonyl (C=O) groups is 2. The summed E-state index contributed by atoms with van der Waals surface area (Å²) in [5.74, 6) is -1.01. The minimum absolute atomic E-state index is 0.0502. The number of carbonyl (C=O) groups excluding carboxylic acids is 1. The van der Waals surface area contributed by atoms with Crippen molar-refractivity contribution in [1.82, 2.24) is 4.90 Å². The maximum Gasteiger partial charge on any atom is 0.335 e. The van der Waals surface area contributed by atoms with Gasteiger partial charge in [-0.2, -0.15) is 0 Å². The fourth-order valence-corrected chi connectivity index (χ4v) is 3.53. The predicted molar refractivity (Wildman–Crippen MR) is 91.9 cm³/mol. The Morgan fingerprint density at radius 3 is 2.42 bits per heavy atom. The normalized spacial score (nSPS) is 14.4. The average Bonchev–Trinajstić information content (AvgIpc) is 2.53. The van der Waals surface area contributed by atoms with Gasteiger partial charge in [0.05, 0.1) is 17.6 Å². The van der Waals surface area contributed by atoms with E-state index in [2.05, 4.69) is 0 Å². The minimum atomic E-state index is -0.957. The molecule has 1 amide bonds. The van der Waals surface area contributed by atoms with E-state index in [4.69, 9.17) is 5.11 Å². The summed E-state index contributed by atoms with van der Waals surface area (Å²) >= 11 is 0. The van der Waals surface area contributed by atoms with Crippen LogP contribution in [-0.4, -0.2) is 39.1 Å². The van der Waals surface area contributed by atoms with Crippen molar-refractivity contribution in [3.8, 4) is 0 Å². The Bertz CT molecular complexity index is 605. The molecular weight excluding hydrogens is 306 g/mol. The number of rotatable bonds is 7. The van der Waals surface area contributed by atoms with Crippen LogP contribution in [0.3, 0.4) is 0 Å². The largest absolute Gasteiger partial charge is 0.478 e. The third kappa shape index (κ3) is 4.35. The summed E-state index contributed by atoms with van der Waals surface area (Å²) in [6, 6.07) is 5.10. The van der Waals surface area contributed by atoms with Gasteiger partial charge in [0.25, 0.3) is 0 Å². The number of aliphatic hydroxyl groups is 1. The van der Waals surface area contributed by atoms with Crippen molar-refractivity contribution in [2.75, 3.05) is 6.54 Å². The van der Waals surface area contributed by atoms with E-state index in [1.807, 2.05) is 19.9 Å². The molecule has 0 unspecified atom stereocenters. The summed E-state index contributed by atoms with van der Waals surface area (Å²) < 4.78 is 0. The fourth-order valence-electron chi connectivity index (χ4n) is 3.53. The molecule has 1 aromatic rings. The molecule has 0 aromatic heterocycles. The average molecular weight is 333 g/mol. The second kappa shape index (κ2) is 7.79. The number of aromatic carboxylic acids is 1. The molecule has 0 spiro atoms. The van der Waals surface area contributed by atoms with Gasteiger partial charge in [-0.1, -0.05) is 32.8 Å². The standard InChI is InChI=1S/C19H27NO4/c1-3-8-19(24,9-4-2)12-17(21)20-10-7-14-5-6-15(18(22)23)11-16(14)13-20/h5-6,11,24H,3-4,7-10,12-13H2,1-2H3,(H,22,23). The Hall–Kier alpha value is -1.88. The highest BCUT2D eigenvalue weighted by Crippen LogP contribution is 2.27. The zero-order valence-electron chi connectivity index (χ0n) is 14.5. The molecule has 2 rings (SSSR count). The summed E-state index contributed by atoms with van der Waals surface area (Å²) in [5.41, 5.74) is 1.31. The van der Waals surface area contributed by atoms with E-state index in [0.717, 1.165) is 30.4 Å². The van der Waals surface area contributed by atoms with Crippen LogP contribution in [0.5, 0.6) is 0 Å². The molecule has 0 fully saturated rings. The first-order valence-corrected chi connectivity index (χ1v) is 8.74. The van der Waals surface area contributed by atoms with Crippen LogP contribution in [0, 0.1) is 0 Å². The van der Waals surface area contributed by atoms with Crippen LogP contribution in [0.25, 0.3) is 0 Å². The molecule has 132 valence electrons. The molecule has 0 bridgehead atoms. The lowest BCUT2D eigenvalue weighted by Gasteiger charge is -2.33. The van der Waals surface area contributed by atoms with E-state index in [1.165, 1.54) is 0 Å². The Balaban J connectivity index is 2.09. The highest BCUT2D eigenvalue weighted by molar-refractivity contribution is 5.88. The number of fused-ring (bicyclic) bond motifs is 1. The van der Waals surface area contributed by atoms with Crippen molar-refractivity contribution in [3.63, 3.8) is 0 Å². The molecule has 24 heavy (non-hydrogen) atoms. The van der Waals surface area contributed by atoms with Gasteiger partial charge in [-0.15, -0.1) is 0 Å². The highest BCUT2D eigenvalue weighted by Gasteiger charge is 2.31. The van der Waals surface area contributed by atoms with Gasteiger partial charge in [0.2, 0.25) is 5.91 Å². The van der Waals surface area contributed by atoms with Crippen molar-refractivity contribution in [2.45, 2.75) is 64.5 Å². The Labute approximate surface area is 143 Å². The third-order valence-corrected chi connectivity index (χ3v) is 4.73. The van der Waals surface area contributed by atoms with Crippen LogP contribution >= 0.6 is 0 Å². The quantitative estimate of drug-likeness (QED) is 0.804. The number of carboxylic acids is 1. The van der Waals surface area contributed by atoms with Gasteiger partial charge in [-0.25, -0.2) is 4.79 Å². The molecule has 0 aliphatic carbocycles. The topological polar surface area (TPSA) is 77.8 Å². The first-order chi connectivity index (χ1) is 11.4. The van der Waals surface area contributed by atoms with Crippen LogP contribution in [0.15, 0.2) is 18.2 Å². The maximum atomic E-state index is 12.6. The zero-order valence-corrected chi connectivity index (χ0v) is 14.5. The molecule has 2 N–H and O–H groups in total. The van der Waals surface area contributed by atoms with E-state index < -0.39 is 11.6 Å². The van der Waals surface area contributed by atoms with Crippen molar-refractivity contribution in [2.24, 2.45) is 0 Å². The third-order valence-electron chi connectivity index (χ3n) is 4.73. The lowest BCUT2D eigenvalue weighted by Crippen LogP contribution is -2.41. The second-order valence-corrected chi connectivity index (χ2v) is 6.76. The van der Waals surface area contributed by atoms with Gasteiger partial charge >= 0.3 is 5.97 Å². The predicted octanol–water partition coefficient (Wildman–Crippen LogP) is 2.99. The van der Waals surface area contributed by atoms with Gasteiger partial charge in [-0.05, 0) is 42.5 Å². The molecule has 1 aliphatic heterocycles. The van der Waals surface area contributed by atoms with Crippen molar-refractivity contribution in [1.29, 1.82) is 0 Å². The van der Waals surface area contributed by atoms with Crippen LogP contribution in [0.2, 0.25) is 0 Å². The van der Waals surface area contributed by atoms with Crippen molar-refractivity contribution >= 4 is 11.9 Å². The number of hydrogen-bond donors (Lipinski definition) is 2.